The van der Waals surface area contributed by atoms with Gasteiger partial charge in [0.2, 0.25) is 15.9 Å². The molecule has 2 N–H and O–H groups in total. The van der Waals surface area contributed by atoms with Crippen LogP contribution in [-0.4, -0.2) is 54.5 Å². The van der Waals surface area contributed by atoms with E-state index in [0.29, 0.717) is 18.1 Å². The van der Waals surface area contributed by atoms with E-state index in [1.165, 1.54) is 16.6 Å². The molecule has 1 aromatic heterocycles. The van der Waals surface area contributed by atoms with Gasteiger partial charge in [-0.15, -0.1) is 0 Å². The van der Waals surface area contributed by atoms with Crippen molar-refractivity contribution in [2.45, 2.75) is 55.5 Å². The van der Waals surface area contributed by atoms with Gasteiger partial charge in [-0.05, 0) is 38.8 Å². The first kappa shape index (κ1) is 21.6. The lowest BCUT2D eigenvalue weighted by Crippen LogP contribution is -2.43. The van der Waals surface area contributed by atoms with Crippen LogP contribution in [0.3, 0.4) is 0 Å². The van der Waals surface area contributed by atoms with Crippen molar-refractivity contribution in [3.8, 4) is 0 Å². The van der Waals surface area contributed by atoms with E-state index in [1.54, 1.807) is 19.9 Å². The van der Waals surface area contributed by atoms with E-state index in [4.69, 9.17) is 0 Å². The van der Waals surface area contributed by atoms with Gasteiger partial charge in [-0.3, -0.25) is 10.1 Å². The molecule has 0 aromatic carbocycles. The number of urea groups is 1. The Hall–Kier alpha value is -1.65. The number of amides is 3. The van der Waals surface area contributed by atoms with Crippen LogP contribution < -0.4 is 10.6 Å². The minimum atomic E-state index is -3.53. The average molecular weight is 415 g/mol. The number of hydrogen-bond donors (Lipinski definition) is 2. The molecule has 1 aliphatic heterocycles. The van der Waals surface area contributed by atoms with Crippen LogP contribution in [0.25, 0.3) is 0 Å². The Bertz CT molecular complexity index is 743. The van der Waals surface area contributed by atoms with Crippen molar-refractivity contribution in [3.63, 3.8) is 0 Å². The predicted molar refractivity (Wildman–Crippen MR) is 104 cm³/mol. The van der Waals surface area contributed by atoms with Crippen molar-refractivity contribution < 1.29 is 18.0 Å². The number of carbonyl (C=O) groups excluding carboxylic acids is 2. The molecule has 8 nitrogen and oxygen atoms in total. The maximum Gasteiger partial charge on any atom is 0.321 e. The minimum absolute atomic E-state index is 0.0107. The minimum Gasteiger partial charge on any atom is -0.336 e. The van der Waals surface area contributed by atoms with E-state index in [-0.39, 0.29) is 16.7 Å². The van der Waals surface area contributed by atoms with Crippen LogP contribution in [-0.2, 0) is 14.8 Å². The number of sulfonamides is 1. The third-order valence-corrected chi connectivity index (χ3v) is 6.76. The van der Waals surface area contributed by atoms with Gasteiger partial charge in [0.05, 0.1) is 10.8 Å². The largest absolute Gasteiger partial charge is 0.336 e. The van der Waals surface area contributed by atoms with Crippen molar-refractivity contribution in [3.05, 3.63) is 18.3 Å². The van der Waals surface area contributed by atoms with Gasteiger partial charge < -0.3 is 5.32 Å². The van der Waals surface area contributed by atoms with Gasteiger partial charge in [0.25, 0.3) is 0 Å². The number of aromatic nitrogens is 1. The van der Waals surface area contributed by atoms with Crippen LogP contribution in [0.4, 0.5) is 4.79 Å². The van der Waals surface area contributed by atoms with Crippen LogP contribution in [0.1, 0.15) is 39.5 Å². The zero-order valence-corrected chi connectivity index (χ0v) is 17.2. The van der Waals surface area contributed by atoms with Crippen LogP contribution in [0, 0.1) is 0 Å². The molecule has 27 heavy (non-hydrogen) atoms. The Labute approximate surface area is 164 Å². The smallest absolute Gasteiger partial charge is 0.321 e. The number of nitrogens with one attached hydrogen (secondary N) is 2. The molecule has 3 amide bonds. The highest BCUT2D eigenvalue weighted by molar-refractivity contribution is 7.99. The maximum absolute atomic E-state index is 12.7. The first-order valence-corrected chi connectivity index (χ1v) is 11.4. The molecule has 0 spiro atoms. The highest BCUT2D eigenvalue weighted by Gasteiger charge is 2.25. The number of imide groups is 1. The SMILES string of the molecule is CC(C)NC(=O)NC(=O)CSc1ccc(S(=O)(=O)N2CCCCCC2)cn1. The van der Waals surface area contributed by atoms with Crippen LogP contribution in [0.5, 0.6) is 0 Å². The molecule has 0 radical (unpaired) electrons. The van der Waals surface area contributed by atoms with E-state index in [2.05, 4.69) is 15.6 Å². The molecule has 0 aliphatic carbocycles. The maximum atomic E-state index is 12.7. The van der Waals surface area contributed by atoms with E-state index >= 15 is 0 Å². The molecule has 1 saturated heterocycles. The molecule has 0 unspecified atom stereocenters. The Kier molecular flexibility index (Phi) is 8.06. The second-order valence-corrected chi connectivity index (χ2v) is 9.55. The van der Waals surface area contributed by atoms with Gasteiger partial charge in [0.1, 0.15) is 4.90 Å². The van der Waals surface area contributed by atoms with Gasteiger partial charge in [-0.2, -0.15) is 4.31 Å². The summed E-state index contributed by atoms with van der Waals surface area (Å²) >= 11 is 1.14. The lowest BCUT2D eigenvalue weighted by Gasteiger charge is -2.19. The summed E-state index contributed by atoms with van der Waals surface area (Å²) in [5, 5.41) is 5.31. The summed E-state index contributed by atoms with van der Waals surface area (Å²) in [5.74, 6) is -0.433. The molecule has 0 saturated carbocycles. The van der Waals surface area contributed by atoms with Crippen LogP contribution in [0.15, 0.2) is 28.3 Å². The Morgan fingerprint density at radius 2 is 1.85 bits per heavy atom. The summed E-state index contributed by atoms with van der Waals surface area (Å²) in [7, 11) is -3.53. The summed E-state index contributed by atoms with van der Waals surface area (Å²) in [4.78, 5) is 27.5. The fourth-order valence-corrected chi connectivity index (χ4v) is 4.74. The third kappa shape index (κ3) is 6.78. The molecule has 150 valence electrons. The summed E-state index contributed by atoms with van der Waals surface area (Å²) in [5.41, 5.74) is 0. The summed E-state index contributed by atoms with van der Waals surface area (Å²) in [6.07, 6.45) is 5.18. The molecule has 2 rings (SSSR count). The van der Waals surface area contributed by atoms with Crippen LogP contribution >= 0.6 is 11.8 Å². The fourth-order valence-electron chi connectivity index (χ4n) is 2.64. The Morgan fingerprint density at radius 3 is 2.41 bits per heavy atom. The highest BCUT2D eigenvalue weighted by atomic mass is 32.2. The zero-order chi connectivity index (χ0) is 19.9. The Morgan fingerprint density at radius 1 is 1.19 bits per heavy atom. The van der Waals surface area contributed by atoms with Crippen molar-refractivity contribution in [2.75, 3.05) is 18.8 Å². The van der Waals surface area contributed by atoms with Gasteiger partial charge in [0.15, 0.2) is 0 Å². The lowest BCUT2D eigenvalue weighted by atomic mass is 10.2. The first-order valence-electron chi connectivity index (χ1n) is 8.98. The number of rotatable bonds is 6. The molecule has 2 heterocycles. The van der Waals surface area contributed by atoms with Crippen molar-refractivity contribution in [2.24, 2.45) is 0 Å². The van der Waals surface area contributed by atoms with Crippen molar-refractivity contribution in [1.82, 2.24) is 19.9 Å². The number of nitrogens with zero attached hydrogens (tertiary/aromatic N) is 2. The van der Waals surface area contributed by atoms with Crippen LogP contribution in [0.2, 0.25) is 0 Å². The van der Waals surface area contributed by atoms with Gasteiger partial charge >= 0.3 is 6.03 Å². The normalized spacial score (nSPS) is 16.0. The molecule has 1 aromatic rings. The zero-order valence-electron chi connectivity index (χ0n) is 15.6. The topological polar surface area (TPSA) is 108 Å². The second-order valence-electron chi connectivity index (χ2n) is 6.62. The highest BCUT2D eigenvalue weighted by Crippen LogP contribution is 2.22. The van der Waals surface area contributed by atoms with Gasteiger partial charge in [-0.25, -0.2) is 18.2 Å². The van der Waals surface area contributed by atoms with E-state index < -0.39 is 22.0 Å². The Balaban J connectivity index is 1.91. The number of pyridine rings is 1. The first-order chi connectivity index (χ1) is 12.8. The molecule has 0 bridgehead atoms. The predicted octanol–water partition coefficient (Wildman–Crippen LogP) is 1.97. The summed E-state index contributed by atoms with van der Waals surface area (Å²) in [6, 6.07) is 2.49. The standard InChI is InChI=1S/C17H26N4O4S2/c1-13(2)19-17(23)20-15(22)12-26-16-8-7-14(11-18-16)27(24,25)21-9-5-3-4-6-10-21/h7-8,11,13H,3-6,9-10,12H2,1-2H3,(H2,19,20,22,23). The number of thioether (sulfide) groups is 1. The van der Waals surface area contributed by atoms with Gasteiger partial charge in [0, 0.05) is 25.3 Å². The van der Waals surface area contributed by atoms with E-state index in [1.807, 2.05) is 0 Å². The molecule has 0 atom stereocenters. The molecule has 1 fully saturated rings. The monoisotopic (exact) mass is 414 g/mol. The second kappa shape index (κ2) is 10.0. The van der Waals surface area contributed by atoms with E-state index in [0.717, 1.165) is 37.4 Å². The fraction of sp³-hybridized carbons (Fsp3) is 0.588. The molecule has 10 heteroatoms. The summed E-state index contributed by atoms with van der Waals surface area (Å²) < 4.78 is 26.9. The number of hydrogen-bond acceptors (Lipinski definition) is 6. The molecular weight excluding hydrogens is 388 g/mol. The van der Waals surface area contributed by atoms with Crippen molar-refractivity contribution in [1.29, 1.82) is 0 Å². The molecular formula is C17H26N4O4S2. The number of carbonyl (C=O) groups is 2. The van der Waals surface area contributed by atoms with Gasteiger partial charge in [-0.1, -0.05) is 24.6 Å². The average Bonchev–Trinajstić information content (AvgIpc) is 2.89. The molecule has 1 aliphatic rings. The van der Waals surface area contributed by atoms with Crippen molar-refractivity contribution >= 4 is 33.7 Å². The lowest BCUT2D eigenvalue weighted by molar-refractivity contribution is -0.117. The van der Waals surface area contributed by atoms with E-state index in [9.17, 15) is 18.0 Å². The third-order valence-electron chi connectivity index (χ3n) is 3.94. The quantitative estimate of drug-likeness (QED) is 0.689. The summed E-state index contributed by atoms with van der Waals surface area (Å²) in [6.45, 7) is 4.67.